The second kappa shape index (κ2) is 3.25. The maximum absolute atomic E-state index is 13.2. The first-order valence-corrected chi connectivity index (χ1v) is 4.79. The van der Waals surface area contributed by atoms with Gasteiger partial charge in [-0.2, -0.15) is 0 Å². The molecule has 2 bridgehead atoms. The molecule has 0 radical (unpaired) electrons. The van der Waals surface area contributed by atoms with Crippen molar-refractivity contribution in [2.45, 2.75) is 38.0 Å². The van der Waals surface area contributed by atoms with Crippen molar-refractivity contribution in [3.8, 4) is 0 Å². The molecule has 3 nitrogen and oxygen atoms in total. The molecule has 2 rings (SSSR count). The summed E-state index contributed by atoms with van der Waals surface area (Å²) in [7, 11) is 0. The van der Waals surface area contributed by atoms with Crippen LogP contribution in [0.15, 0.2) is 0 Å². The molecule has 1 aliphatic carbocycles. The Bertz CT molecular complexity index is 222. The van der Waals surface area contributed by atoms with Gasteiger partial charge in [-0.3, -0.25) is 4.79 Å². The molecule has 4 heteroatoms. The van der Waals surface area contributed by atoms with E-state index in [-0.39, 0.29) is 17.9 Å². The lowest BCUT2D eigenvalue weighted by Crippen LogP contribution is -2.46. The molecule has 0 spiro atoms. The van der Waals surface area contributed by atoms with Gasteiger partial charge in [-0.05, 0) is 19.8 Å². The van der Waals surface area contributed by atoms with Crippen molar-refractivity contribution in [3.05, 3.63) is 0 Å². The zero-order valence-corrected chi connectivity index (χ0v) is 7.63. The Hall–Kier alpha value is -0.640. The number of esters is 1. The van der Waals surface area contributed by atoms with Crippen LogP contribution in [0.1, 0.15) is 19.8 Å². The van der Waals surface area contributed by atoms with E-state index >= 15 is 0 Å². The number of halogens is 1. The number of carbonyl (C=O) groups excluding carboxylic acids is 1. The average Bonchev–Trinajstić information content (AvgIpc) is 2.62. The highest BCUT2D eigenvalue weighted by Crippen LogP contribution is 2.37. The topological polar surface area (TPSA) is 38.3 Å². The molecule has 13 heavy (non-hydrogen) atoms. The minimum atomic E-state index is -0.819. The number of alkyl halides is 1. The van der Waals surface area contributed by atoms with Crippen molar-refractivity contribution in [1.29, 1.82) is 0 Å². The van der Waals surface area contributed by atoms with Gasteiger partial charge in [0.15, 0.2) is 0 Å². The lowest BCUT2D eigenvalue weighted by atomic mass is 9.98. The molecule has 4 unspecified atom stereocenters. The highest BCUT2D eigenvalue weighted by molar-refractivity contribution is 5.77. The lowest BCUT2D eigenvalue weighted by molar-refractivity contribution is -0.147. The van der Waals surface area contributed by atoms with E-state index in [4.69, 9.17) is 4.74 Å². The van der Waals surface area contributed by atoms with Gasteiger partial charge in [0, 0.05) is 12.0 Å². The molecule has 0 aromatic carbocycles. The summed E-state index contributed by atoms with van der Waals surface area (Å²) in [5.41, 5.74) is 0. The minimum absolute atomic E-state index is 0.149. The SMILES string of the molecule is CCOC(=O)C1NC2CC(F)C1C2. The van der Waals surface area contributed by atoms with Gasteiger partial charge in [0.05, 0.1) is 6.61 Å². The molecular formula is C9H14FNO2. The van der Waals surface area contributed by atoms with Crippen molar-refractivity contribution >= 4 is 5.97 Å². The Morgan fingerprint density at radius 1 is 1.62 bits per heavy atom. The highest BCUT2D eigenvalue weighted by Gasteiger charge is 2.49. The quantitative estimate of drug-likeness (QED) is 0.645. The second-order valence-electron chi connectivity index (χ2n) is 3.74. The first-order valence-electron chi connectivity index (χ1n) is 4.79. The molecule has 74 valence electrons. The predicted octanol–water partition coefficient (Wildman–Crippen LogP) is 0.638. The van der Waals surface area contributed by atoms with Gasteiger partial charge in [-0.25, -0.2) is 4.39 Å². The van der Waals surface area contributed by atoms with Gasteiger partial charge in [-0.15, -0.1) is 0 Å². The van der Waals surface area contributed by atoms with Gasteiger partial charge in [0.1, 0.15) is 12.2 Å². The lowest BCUT2D eigenvalue weighted by Gasteiger charge is -2.23. The monoisotopic (exact) mass is 187 g/mol. The molecule has 1 saturated carbocycles. The van der Waals surface area contributed by atoms with Crippen LogP contribution in [0, 0.1) is 5.92 Å². The molecule has 1 heterocycles. The highest BCUT2D eigenvalue weighted by atomic mass is 19.1. The van der Waals surface area contributed by atoms with Crippen molar-refractivity contribution in [1.82, 2.24) is 5.32 Å². The standard InChI is InChI=1S/C9H14FNO2/c1-2-13-9(12)8-6-3-5(11-8)4-7(6)10/h5-8,11H,2-4H2,1H3. The molecular weight excluding hydrogens is 173 g/mol. The molecule has 4 atom stereocenters. The first-order chi connectivity index (χ1) is 6.22. The van der Waals surface area contributed by atoms with Crippen molar-refractivity contribution in [2.75, 3.05) is 6.61 Å². The summed E-state index contributed by atoms with van der Waals surface area (Å²) >= 11 is 0. The third kappa shape index (κ3) is 1.43. The molecule has 1 N–H and O–H groups in total. The summed E-state index contributed by atoms with van der Waals surface area (Å²) in [5.74, 6) is -0.443. The largest absolute Gasteiger partial charge is 0.465 e. The van der Waals surface area contributed by atoms with Gasteiger partial charge in [0.25, 0.3) is 0 Å². The molecule has 1 aliphatic heterocycles. The smallest absolute Gasteiger partial charge is 0.323 e. The molecule has 2 aliphatic rings. The van der Waals surface area contributed by atoms with Gasteiger partial charge < -0.3 is 10.1 Å². The van der Waals surface area contributed by atoms with Crippen LogP contribution in [0.3, 0.4) is 0 Å². The Morgan fingerprint density at radius 2 is 2.38 bits per heavy atom. The van der Waals surface area contributed by atoms with Crippen LogP contribution in [-0.2, 0) is 9.53 Å². The summed E-state index contributed by atoms with van der Waals surface area (Å²) in [6, 6.07) is -0.205. The van der Waals surface area contributed by atoms with Crippen LogP contribution in [-0.4, -0.2) is 30.8 Å². The number of piperidine rings is 1. The fourth-order valence-corrected chi connectivity index (χ4v) is 2.35. The summed E-state index contributed by atoms with van der Waals surface area (Å²) in [6.45, 7) is 2.13. The van der Waals surface area contributed by atoms with E-state index in [0.717, 1.165) is 6.42 Å². The summed E-state index contributed by atoms with van der Waals surface area (Å²) in [6.07, 6.45) is 0.520. The second-order valence-corrected chi connectivity index (χ2v) is 3.74. The fourth-order valence-electron chi connectivity index (χ4n) is 2.35. The maximum Gasteiger partial charge on any atom is 0.323 e. The number of rotatable bonds is 2. The van der Waals surface area contributed by atoms with Gasteiger partial charge in [-0.1, -0.05) is 0 Å². The summed E-state index contributed by atoms with van der Waals surface area (Å²) in [5, 5.41) is 3.09. The average molecular weight is 187 g/mol. The van der Waals surface area contributed by atoms with Crippen LogP contribution >= 0.6 is 0 Å². The van der Waals surface area contributed by atoms with E-state index in [2.05, 4.69) is 5.32 Å². The number of nitrogens with one attached hydrogen (secondary N) is 1. The van der Waals surface area contributed by atoms with E-state index in [1.165, 1.54) is 0 Å². The third-order valence-corrected chi connectivity index (χ3v) is 2.91. The zero-order valence-electron chi connectivity index (χ0n) is 7.63. The Morgan fingerprint density at radius 3 is 2.92 bits per heavy atom. The summed E-state index contributed by atoms with van der Waals surface area (Å²) < 4.78 is 18.1. The molecule has 0 aromatic heterocycles. The van der Waals surface area contributed by atoms with Crippen LogP contribution in [0.2, 0.25) is 0 Å². The zero-order chi connectivity index (χ0) is 9.42. The number of carbonyl (C=O) groups is 1. The fraction of sp³-hybridized carbons (Fsp3) is 0.889. The number of hydrogen-bond donors (Lipinski definition) is 1. The molecule has 2 fully saturated rings. The predicted molar refractivity (Wildman–Crippen MR) is 45.0 cm³/mol. The molecule has 0 aromatic rings. The van der Waals surface area contributed by atoms with Crippen LogP contribution in [0.4, 0.5) is 4.39 Å². The van der Waals surface area contributed by atoms with E-state index < -0.39 is 12.2 Å². The Kier molecular flexibility index (Phi) is 2.24. The maximum atomic E-state index is 13.2. The third-order valence-electron chi connectivity index (χ3n) is 2.91. The van der Waals surface area contributed by atoms with Crippen LogP contribution in [0.5, 0.6) is 0 Å². The minimum Gasteiger partial charge on any atom is -0.465 e. The van der Waals surface area contributed by atoms with E-state index in [9.17, 15) is 9.18 Å². The Labute approximate surface area is 76.6 Å². The molecule has 1 saturated heterocycles. The van der Waals surface area contributed by atoms with Gasteiger partial charge in [0.2, 0.25) is 0 Å². The number of hydrogen-bond acceptors (Lipinski definition) is 3. The van der Waals surface area contributed by atoms with E-state index in [1.54, 1.807) is 6.92 Å². The van der Waals surface area contributed by atoms with Crippen molar-refractivity contribution < 1.29 is 13.9 Å². The number of fused-ring (bicyclic) bond motifs is 2. The van der Waals surface area contributed by atoms with Crippen molar-refractivity contribution in [3.63, 3.8) is 0 Å². The molecule has 0 amide bonds. The first kappa shape index (κ1) is 8.94. The van der Waals surface area contributed by atoms with Gasteiger partial charge >= 0.3 is 5.97 Å². The van der Waals surface area contributed by atoms with E-state index in [0.29, 0.717) is 13.0 Å². The Balaban J connectivity index is 1.99. The van der Waals surface area contributed by atoms with Crippen LogP contribution in [0.25, 0.3) is 0 Å². The normalized spacial score (nSPS) is 42.3. The number of ether oxygens (including phenoxy) is 1. The summed E-state index contributed by atoms with van der Waals surface area (Å²) in [4.78, 5) is 11.3. The van der Waals surface area contributed by atoms with E-state index in [1.807, 2.05) is 0 Å². The van der Waals surface area contributed by atoms with Crippen molar-refractivity contribution in [2.24, 2.45) is 5.92 Å². The van der Waals surface area contributed by atoms with Crippen LogP contribution < -0.4 is 5.32 Å².